The highest BCUT2D eigenvalue weighted by atomic mass is 35.5. The van der Waals surface area contributed by atoms with Crippen molar-refractivity contribution in [2.45, 2.75) is 19.4 Å². The molecule has 2 unspecified atom stereocenters. The van der Waals surface area contributed by atoms with Gasteiger partial charge in [-0.2, -0.15) is 0 Å². The van der Waals surface area contributed by atoms with Gasteiger partial charge in [-0.25, -0.2) is 4.98 Å². The van der Waals surface area contributed by atoms with E-state index in [0.29, 0.717) is 5.92 Å². The minimum atomic E-state index is -0.372. The maximum absolute atomic E-state index is 11.2. The van der Waals surface area contributed by atoms with Crippen molar-refractivity contribution >= 4 is 11.6 Å². The van der Waals surface area contributed by atoms with Crippen LogP contribution in [0.15, 0.2) is 11.1 Å². The van der Waals surface area contributed by atoms with Crippen LogP contribution in [0, 0.1) is 5.92 Å². The second-order valence-corrected chi connectivity index (χ2v) is 4.36. The number of hydrogen-bond donors (Lipinski definition) is 2. The summed E-state index contributed by atoms with van der Waals surface area (Å²) >= 11 is 5.81. The molecule has 2 heterocycles. The van der Waals surface area contributed by atoms with Crippen molar-refractivity contribution in [2.24, 2.45) is 5.92 Å². The molecule has 16 heavy (non-hydrogen) atoms. The van der Waals surface area contributed by atoms with Crippen molar-refractivity contribution in [3.8, 4) is 5.88 Å². The molecule has 0 amide bonds. The van der Waals surface area contributed by atoms with Crippen molar-refractivity contribution < 1.29 is 4.74 Å². The van der Waals surface area contributed by atoms with Crippen LogP contribution in [0.4, 0.5) is 0 Å². The zero-order valence-corrected chi connectivity index (χ0v) is 9.75. The lowest BCUT2D eigenvalue weighted by atomic mass is 9.97. The van der Waals surface area contributed by atoms with Crippen molar-refractivity contribution in [2.75, 3.05) is 13.1 Å². The summed E-state index contributed by atoms with van der Waals surface area (Å²) in [5, 5.41) is 3.25. The Hall–Kier alpha value is -1.07. The number of hydrogen-bond acceptors (Lipinski definition) is 4. The molecule has 1 fully saturated rings. The van der Waals surface area contributed by atoms with Gasteiger partial charge < -0.3 is 15.0 Å². The lowest BCUT2D eigenvalue weighted by Crippen LogP contribution is -2.43. The van der Waals surface area contributed by atoms with Gasteiger partial charge in [0.05, 0.1) is 6.33 Å². The number of nitrogens with one attached hydrogen (secondary N) is 2. The summed E-state index contributed by atoms with van der Waals surface area (Å²) in [5.74, 6) is 0.643. The fourth-order valence-electron chi connectivity index (χ4n) is 1.71. The third-order valence-corrected chi connectivity index (χ3v) is 3.12. The van der Waals surface area contributed by atoms with E-state index in [2.05, 4.69) is 22.2 Å². The maximum Gasteiger partial charge on any atom is 0.273 e. The number of aromatic amines is 1. The Balaban J connectivity index is 2.14. The molecule has 1 aliphatic heterocycles. The summed E-state index contributed by atoms with van der Waals surface area (Å²) in [4.78, 5) is 17.6. The second kappa shape index (κ2) is 4.84. The van der Waals surface area contributed by atoms with E-state index in [1.807, 2.05) is 0 Å². The predicted octanol–water partition coefficient (Wildman–Crippen LogP) is 0.800. The van der Waals surface area contributed by atoms with E-state index in [9.17, 15) is 4.79 Å². The molecule has 0 spiro atoms. The average Bonchev–Trinajstić information content (AvgIpc) is 2.28. The molecular weight excluding hydrogens is 230 g/mol. The first-order chi connectivity index (χ1) is 7.68. The van der Waals surface area contributed by atoms with Gasteiger partial charge in [-0.15, -0.1) is 0 Å². The first-order valence-corrected chi connectivity index (χ1v) is 5.67. The first kappa shape index (κ1) is 11.4. The normalized spacial score (nSPS) is 25.4. The van der Waals surface area contributed by atoms with Crippen molar-refractivity contribution in [3.05, 3.63) is 21.7 Å². The van der Waals surface area contributed by atoms with Gasteiger partial charge in [-0.1, -0.05) is 18.5 Å². The Labute approximate surface area is 98.2 Å². The molecule has 1 aromatic heterocycles. The lowest BCUT2D eigenvalue weighted by Gasteiger charge is -2.29. The molecule has 2 N–H and O–H groups in total. The third kappa shape index (κ3) is 2.36. The maximum atomic E-state index is 11.2. The Morgan fingerprint density at radius 3 is 3.19 bits per heavy atom. The quantitative estimate of drug-likeness (QED) is 0.806. The van der Waals surface area contributed by atoms with Crippen LogP contribution in [0.1, 0.15) is 13.3 Å². The molecule has 5 nitrogen and oxygen atoms in total. The third-order valence-electron chi connectivity index (χ3n) is 2.78. The molecule has 0 aliphatic carbocycles. The van der Waals surface area contributed by atoms with Crippen LogP contribution in [0.2, 0.25) is 5.02 Å². The predicted molar refractivity (Wildman–Crippen MR) is 60.9 cm³/mol. The SMILES string of the molecule is CC1CCNCC1Oc1nc[nH]c(=O)c1Cl. The lowest BCUT2D eigenvalue weighted by molar-refractivity contribution is 0.109. The number of H-pyrrole nitrogens is 1. The molecule has 2 atom stereocenters. The highest BCUT2D eigenvalue weighted by Crippen LogP contribution is 2.21. The highest BCUT2D eigenvalue weighted by Gasteiger charge is 2.24. The van der Waals surface area contributed by atoms with Crippen LogP contribution in [-0.2, 0) is 0 Å². The van der Waals surface area contributed by atoms with Gasteiger partial charge in [0.15, 0.2) is 5.02 Å². The van der Waals surface area contributed by atoms with Gasteiger partial charge in [0.25, 0.3) is 5.56 Å². The number of piperidine rings is 1. The largest absolute Gasteiger partial charge is 0.471 e. The monoisotopic (exact) mass is 243 g/mol. The topological polar surface area (TPSA) is 67.0 Å². The molecule has 2 rings (SSSR count). The molecule has 6 heteroatoms. The fraction of sp³-hybridized carbons (Fsp3) is 0.600. The van der Waals surface area contributed by atoms with Crippen LogP contribution >= 0.6 is 11.6 Å². The van der Waals surface area contributed by atoms with Crippen molar-refractivity contribution in [3.63, 3.8) is 0 Å². The van der Waals surface area contributed by atoms with Gasteiger partial charge >= 0.3 is 0 Å². The number of nitrogens with zero attached hydrogens (tertiary/aromatic N) is 1. The molecule has 88 valence electrons. The van der Waals surface area contributed by atoms with E-state index in [1.54, 1.807) is 0 Å². The summed E-state index contributed by atoms with van der Waals surface area (Å²) in [7, 11) is 0. The van der Waals surface area contributed by atoms with Crippen LogP contribution in [0.3, 0.4) is 0 Å². The molecular formula is C10H14ClN3O2. The zero-order valence-electron chi connectivity index (χ0n) is 9.00. The zero-order chi connectivity index (χ0) is 11.5. The van der Waals surface area contributed by atoms with Gasteiger partial charge in [0, 0.05) is 6.54 Å². The van der Waals surface area contributed by atoms with E-state index in [1.165, 1.54) is 6.33 Å². The molecule has 0 aromatic carbocycles. The van der Waals surface area contributed by atoms with Crippen LogP contribution in [-0.4, -0.2) is 29.2 Å². The van der Waals surface area contributed by atoms with E-state index in [-0.39, 0.29) is 22.6 Å². The van der Waals surface area contributed by atoms with Gasteiger partial charge in [-0.05, 0) is 18.9 Å². The standard InChI is InChI=1S/C10H14ClN3O2/c1-6-2-3-12-4-7(6)16-10-8(11)9(15)13-5-14-10/h5-7,12H,2-4H2,1H3,(H,13,14,15). The van der Waals surface area contributed by atoms with Crippen molar-refractivity contribution in [1.29, 1.82) is 0 Å². The Morgan fingerprint density at radius 1 is 1.62 bits per heavy atom. The number of aromatic nitrogens is 2. The smallest absolute Gasteiger partial charge is 0.273 e. The van der Waals surface area contributed by atoms with Crippen LogP contribution < -0.4 is 15.6 Å². The Bertz CT molecular complexity index is 421. The number of ether oxygens (including phenoxy) is 1. The minimum absolute atomic E-state index is 0.0141. The molecule has 0 saturated carbocycles. The fourth-order valence-corrected chi connectivity index (χ4v) is 1.86. The summed E-state index contributed by atoms with van der Waals surface area (Å²) in [6.45, 7) is 3.87. The number of rotatable bonds is 2. The molecule has 0 bridgehead atoms. The summed E-state index contributed by atoms with van der Waals surface area (Å²) < 4.78 is 5.65. The average molecular weight is 244 g/mol. The van der Waals surface area contributed by atoms with E-state index < -0.39 is 0 Å². The molecule has 1 saturated heterocycles. The van der Waals surface area contributed by atoms with Crippen LogP contribution in [0.5, 0.6) is 5.88 Å². The molecule has 1 aliphatic rings. The summed E-state index contributed by atoms with van der Waals surface area (Å²) in [6, 6.07) is 0. The minimum Gasteiger partial charge on any atom is -0.471 e. The van der Waals surface area contributed by atoms with Gasteiger partial charge in [0.1, 0.15) is 6.10 Å². The highest BCUT2D eigenvalue weighted by molar-refractivity contribution is 6.31. The van der Waals surface area contributed by atoms with E-state index >= 15 is 0 Å². The van der Waals surface area contributed by atoms with Crippen LogP contribution in [0.25, 0.3) is 0 Å². The van der Waals surface area contributed by atoms with Gasteiger partial charge in [0.2, 0.25) is 5.88 Å². The van der Waals surface area contributed by atoms with E-state index in [4.69, 9.17) is 16.3 Å². The molecule has 0 radical (unpaired) electrons. The molecule has 1 aromatic rings. The Morgan fingerprint density at radius 2 is 2.44 bits per heavy atom. The number of halogens is 1. The van der Waals surface area contributed by atoms with E-state index in [0.717, 1.165) is 19.5 Å². The summed E-state index contributed by atoms with van der Waals surface area (Å²) in [5.41, 5.74) is -0.372. The Kier molecular flexibility index (Phi) is 3.46. The first-order valence-electron chi connectivity index (χ1n) is 5.29. The van der Waals surface area contributed by atoms with Crippen molar-refractivity contribution in [1.82, 2.24) is 15.3 Å². The van der Waals surface area contributed by atoms with Gasteiger partial charge in [-0.3, -0.25) is 4.79 Å². The second-order valence-electron chi connectivity index (χ2n) is 3.98. The summed E-state index contributed by atoms with van der Waals surface area (Å²) in [6.07, 6.45) is 2.36.